The van der Waals surface area contributed by atoms with Gasteiger partial charge in [0.25, 0.3) is 0 Å². The van der Waals surface area contributed by atoms with Crippen LogP contribution < -0.4 is 5.32 Å². The van der Waals surface area contributed by atoms with Gasteiger partial charge in [-0.1, -0.05) is 0 Å². The fraction of sp³-hybridized carbons (Fsp3) is 1.00. The zero-order chi connectivity index (χ0) is 9.64. The fourth-order valence-corrected chi connectivity index (χ4v) is 2.19. The molecule has 1 atom stereocenters. The third kappa shape index (κ3) is 3.23. The van der Waals surface area contributed by atoms with E-state index in [0.29, 0.717) is 6.04 Å². The van der Waals surface area contributed by atoms with Crippen molar-refractivity contribution in [3.05, 3.63) is 0 Å². The maximum absolute atomic E-state index is 5.74. The molecule has 0 aromatic rings. The summed E-state index contributed by atoms with van der Waals surface area (Å²) in [6.45, 7) is 4.86. The van der Waals surface area contributed by atoms with Crippen molar-refractivity contribution in [1.82, 2.24) is 5.32 Å². The van der Waals surface area contributed by atoms with E-state index in [1.165, 1.54) is 32.2 Å². The minimum atomic E-state index is 0.620. The van der Waals surface area contributed by atoms with Crippen molar-refractivity contribution >= 4 is 0 Å². The molecule has 3 heteroatoms. The minimum absolute atomic E-state index is 0.620. The van der Waals surface area contributed by atoms with Crippen LogP contribution in [0.15, 0.2) is 0 Å². The topological polar surface area (TPSA) is 30.5 Å². The van der Waals surface area contributed by atoms with Crippen molar-refractivity contribution in [3.8, 4) is 0 Å². The second-order valence-corrected chi connectivity index (χ2v) is 4.39. The fourth-order valence-electron chi connectivity index (χ4n) is 2.19. The summed E-state index contributed by atoms with van der Waals surface area (Å²) in [4.78, 5) is 0. The Hall–Kier alpha value is -0.120. The predicted octanol–water partition coefficient (Wildman–Crippen LogP) is 1.18. The molecule has 0 amide bonds. The minimum Gasteiger partial charge on any atom is -0.381 e. The van der Waals surface area contributed by atoms with Crippen molar-refractivity contribution in [2.24, 2.45) is 5.92 Å². The molecule has 2 rings (SSSR count). The zero-order valence-electron chi connectivity index (χ0n) is 8.84. The summed E-state index contributed by atoms with van der Waals surface area (Å²) in [7, 11) is 0. The van der Waals surface area contributed by atoms with Gasteiger partial charge in [-0.2, -0.15) is 0 Å². The average Bonchev–Trinajstić information content (AvgIpc) is 2.72. The van der Waals surface area contributed by atoms with Crippen LogP contribution in [0.3, 0.4) is 0 Å². The number of nitrogens with one attached hydrogen (secondary N) is 1. The maximum atomic E-state index is 5.74. The van der Waals surface area contributed by atoms with E-state index in [2.05, 4.69) is 5.32 Å². The van der Waals surface area contributed by atoms with Crippen LogP contribution in [0, 0.1) is 5.92 Å². The Labute approximate surface area is 86.2 Å². The molecule has 2 fully saturated rings. The molecule has 0 aliphatic carbocycles. The molecule has 82 valence electrons. The molecular formula is C11H21NO2. The summed E-state index contributed by atoms with van der Waals surface area (Å²) in [5.41, 5.74) is 0. The van der Waals surface area contributed by atoms with Crippen molar-refractivity contribution in [2.45, 2.75) is 31.7 Å². The van der Waals surface area contributed by atoms with Gasteiger partial charge >= 0.3 is 0 Å². The lowest BCUT2D eigenvalue weighted by atomic mass is 10.0. The number of ether oxygens (including phenoxy) is 2. The Morgan fingerprint density at radius 2 is 2.00 bits per heavy atom. The summed E-state index contributed by atoms with van der Waals surface area (Å²) in [6, 6.07) is 0.620. The Morgan fingerprint density at radius 3 is 2.71 bits per heavy atom. The summed E-state index contributed by atoms with van der Waals surface area (Å²) >= 11 is 0. The zero-order valence-corrected chi connectivity index (χ0v) is 8.84. The molecule has 0 bridgehead atoms. The van der Waals surface area contributed by atoms with Crippen molar-refractivity contribution in [3.63, 3.8) is 0 Å². The number of rotatable bonds is 4. The molecule has 2 heterocycles. The van der Waals surface area contributed by atoms with E-state index in [1.54, 1.807) is 0 Å². The highest BCUT2D eigenvalue weighted by Crippen LogP contribution is 2.15. The van der Waals surface area contributed by atoms with Gasteiger partial charge in [-0.05, 0) is 38.1 Å². The van der Waals surface area contributed by atoms with Gasteiger partial charge < -0.3 is 14.8 Å². The third-order valence-electron chi connectivity index (χ3n) is 3.18. The lowest BCUT2D eigenvalue weighted by Gasteiger charge is -2.22. The SMILES string of the molecule is C1CN[C@@H](COCC2CCOCC2)C1. The molecule has 2 aliphatic heterocycles. The van der Waals surface area contributed by atoms with Gasteiger partial charge in [0.1, 0.15) is 0 Å². The Kier molecular flexibility index (Phi) is 4.22. The molecular weight excluding hydrogens is 178 g/mol. The first-order chi connectivity index (χ1) is 6.95. The molecule has 2 saturated heterocycles. The highest BCUT2D eigenvalue weighted by Gasteiger charge is 2.17. The Balaban J connectivity index is 1.52. The largest absolute Gasteiger partial charge is 0.381 e. The van der Waals surface area contributed by atoms with Crippen LogP contribution >= 0.6 is 0 Å². The second kappa shape index (κ2) is 5.69. The Morgan fingerprint density at radius 1 is 1.14 bits per heavy atom. The Bertz CT molecular complexity index is 151. The van der Waals surface area contributed by atoms with Gasteiger partial charge in [0.2, 0.25) is 0 Å². The van der Waals surface area contributed by atoms with Gasteiger partial charge in [0.15, 0.2) is 0 Å². The quantitative estimate of drug-likeness (QED) is 0.737. The smallest absolute Gasteiger partial charge is 0.0619 e. The molecule has 0 aromatic carbocycles. The van der Waals surface area contributed by atoms with E-state index in [-0.39, 0.29) is 0 Å². The first-order valence-electron chi connectivity index (χ1n) is 5.84. The van der Waals surface area contributed by atoms with Gasteiger partial charge in [-0.25, -0.2) is 0 Å². The highest BCUT2D eigenvalue weighted by atomic mass is 16.5. The first kappa shape index (κ1) is 10.4. The van der Waals surface area contributed by atoms with Gasteiger partial charge in [0, 0.05) is 25.9 Å². The van der Waals surface area contributed by atoms with Crippen LogP contribution in [0.5, 0.6) is 0 Å². The van der Waals surface area contributed by atoms with Crippen LogP contribution in [0.4, 0.5) is 0 Å². The van der Waals surface area contributed by atoms with Crippen LogP contribution in [0.25, 0.3) is 0 Å². The summed E-state index contributed by atoms with van der Waals surface area (Å²) in [6.07, 6.45) is 4.95. The standard InChI is InChI=1S/C11H21NO2/c1-2-11(12-5-1)9-14-8-10-3-6-13-7-4-10/h10-12H,1-9H2/t11-/m1/s1. The summed E-state index contributed by atoms with van der Waals surface area (Å²) in [5, 5.41) is 3.44. The molecule has 0 aromatic heterocycles. The highest BCUT2D eigenvalue weighted by molar-refractivity contribution is 4.73. The average molecular weight is 199 g/mol. The van der Waals surface area contributed by atoms with E-state index in [0.717, 1.165) is 32.3 Å². The van der Waals surface area contributed by atoms with Crippen molar-refractivity contribution in [1.29, 1.82) is 0 Å². The molecule has 3 nitrogen and oxygen atoms in total. The van der Waals surface area contributed by atoms with Crippen LogP contribution in [-0.4, -0.2) is 39.0 Å². The first-order valence-corrected chi connectivity index (χ1v) is 5.84. The molecule has 0 spiro atoms. The molecule has 0 radical (unpaired) electrons. The van der Waals surface area contributed by atoms with E-state index in [9.17, 15) is 0 Å². The lowest BCUT2D eigenvalue weighted by Crippen LogP contribution is -2.29. The monoisotopic (exact) mass is 199 g/mol. The second-order valence-electron chi connectivity index (χ2n) is 4.39. The van der Waals surface area contributed by atoms with Crippen LogP contribution in [0.1, 0.15) is 25.7 Å². The van der Waals surface area contributed by atoms with Crippen molar-refractivity contribution in [2.75, 3.05) is 33.0 Å². The number of hydrogen-bond donors (Lipinski definition) is 1. The summed E-state index contributed by atoms with van der Waals surface area (Å²) < 4.78 is 11.1. The maximum Gasteiger partial charge on any atom is 0.0619 e. The third-order valence-corrected chi connectivity index (χ3v) is 3.18. The molecule has 1 N–H and O–H groups in total. The van der Waals surface area contributed by atoms with E-state index in [4.69, 9.17) is 9.47 Å². The lowest BCUT2D eigenvalue weighted by molar-refractivity contribution is 0.0164. The summed E-state index contributed by atoms with van der Waals surface area (Å²) in [5.74, 6) is 0.741. The van der Waals surface area contributed by atoms with E-state index in [1.807, 2.05) is 0 Å². The van der Waals surface area contributed by atoms with E-state index >= 15 is 0 Å². The van der Waals surface area contributed by atoms with Crippen LogP contribution in [0.2, 0.25) is 0 Å². The number of hydrogen-bond acceptors (Lipinski definition) is 3. The molecule has 0 saturated carbocycles. The molecule has 14 heavy (non-hydrogen) atoms. The van der Waals surface area contributed by atoms with Crippen molar-refractivity contribution < 1.29 is 9.47 Å². The van der Waals surface area contributed by atoms with Gasteiger partial charge in [-0.15, -0.1) is 0 Å². The predicted molar refractivity (Wildman–Crippen MR) is 55.4 cm³/mol. The molecule has 2 aliphatic rings. The normalized spacial score (nSPS) is 29.6. The molecule has 0 unspecified atom stereocenters. The van der Waals surface area contributed by atoms with E-state index < -0.39 is 0 Å². The van der Waals surface area contributed by atoms with Gasteiger partial charge in [0.05, 0.1) is 6.61 Å². The van der Waals surface area contributed by atoms with Gasteiger partial charge in [-0.3, -0.25) is 0 Å². The van der Waals surface area contributed by atoms with Crippen LogP contribution in [-0.2, 0) is 9.47 Å².